The Morgan fingerprint density at radius 3 is 1.22 bits per heavy atom. The van der Waals surface area contributed by atoms with Crippen molar-refractivity contribution in [1.82, 2.24) is 0 Å². The van der Waals surface area contributed by atoms with Crippen molar-refractivity contribution in [2.45, 2.75) is 0 Å². The van der Waals surface area contributed by atoms with Crippen molar-refractivity contribution in [3.63, 3.8) is 0 Å². The van der Waals surface area contributed by atoms with E-state index in [2.05, 4.69) is 0 Å². The van der Waals surface area contributed by atoms with E-state index in [1.165, 1.54) is 0 Å². The van der Waals surface area contributed by atoms with E-state index in [0.29, 0.717) is 0 Å². The van der Waals surface area contributed by atoms with Crippen LogP contribution in [0.25, 0.3) is 0 Å². The summed E-state index contributed by atoms with van der Waals surface area (Å²) in [6, 6.07) is 0. The average Bonchev–Trinajstić information content (AvgIpc) is 1.20. The van der Waals surface area contributed by atoms with Crippen molar-refractivity contribution in [3.8, 4) is 0 Å². The van der Waals surface area contributed by atoms with Gasteiger partial charge in [-0.2, -0.15) is 0 Å². The summed E-state index contributed by atoms with van der Waals surface area (Å²) in [7, 11) is 0. The summed E-state index contributed by atoms with van der Waals surface area (Å²) >= 11 is -7.80. The Morgan fingerprint density at radius 2 is 1.22 bits per heavy atom. The van der Waals surface area contributed by atoms with Gasteiger partial charge < -0.3 is 0 Å². The second kappa shape index (κ2) is 1.69. The number of rotatable bonds is 1. The molecule has 0 aliphatic heterocycles. The van der Waals surface area contributed by atoms with Gasteiger partial charge in [0.25, 0.3) is 0 Å². The summed E-state index contributed by atoms with van der Waals surface area (Å²) in [6.07, 6.45) is 0. The van der Waals surface area contributed by atoms with Gasteiger partial charge in [0.2, 0.25) is 0 Å². The number of hydrogen-bond donors (Lipinski definition) is 4. The maximum atomic E-state index is 9.69. The van der Waals surface area contributed by atoms with Crippen LogP contribution in [0, 0.1) is 0 Å². The normalized spacial score (nSPS) is 18.4. The first kappa shape index (κ1) is 9.36. The van der Waals surface area contributed by atoms with E-state index in [9.17, 15) is 11.4 Å². The van der Waals surface area contributed by atoms with Gasteiger partial charge in [0.15, 0.2) is 0 Å². The third-order valence-corrected chi connectivity index (χ3v) is 7.22. The molecule has 0 bridgehead atoms. The van der Waals surface area contributed by atoms with Crippen molar-refractivity contribution in [2.75, 3.05) is 0 Å². The molecule has 0 aromatic carbocycles. The molecular formula is H4MoO7P. The summed E-state index contributed by atoms with van der Waals surface area (Å²) in [5.41, 5.74) is -5.77. The monoisotopic (exact) mass is 245 g/mol. The van der Waals surface area contributed by atoms with Gasteiger partial charge in [-0.1, -0.05) is 0 Å². The fourth-order valence-corrected chi connectivity index (χ4v) is 0. The third-order valence-electron chi connectivity index (χ3n) is 0.407. The van der Waals surface area contributed by atoms with Gasteiger partial charge in [-0.25, -0.2) is 0 Å². The van der Waals surface area contributed by atoms with Crippen LogP contribution >= 0.6 is 5.69 Å². The minimum atomic E-state index is -7.80. The molecule has 0 fully saturated rings. The molecule has 0 unspecified atom stereocenters. The fraction of sp³-hybridized carbons (Fsp3) is 0. The minimum absolute atomic E-state index is 5.77. The van der Waals surface area contributed by atoms with Crippen LogP contribution in [0.1, 0.15) is 0 Å². The fourth-order valence-electron chi connectivity index (χ4n) is 0. The molecule has 0 amide bonds. The Labute approximate surface area is 49.9 Å². The van der Waals surface area contributed by atoms with Gasteiger partial charge in [-0.05, 0) is 0 Å². The zero-order valence-corrected chi connectivity index (χ0v) is 6.77. The molecule has 57 valence electrons. The van der Waals surface area contributed by atoms with Crippen LogP contribution in [-0.2, 0) is 26.3 Å². The summed E-state index contributed by atoms with van der Waals surface area (Å²) in [5.74, 6) is 0. The van der Waals surface area contributed by atoms with E-state index in [0.717, 1.165) is 0 Å². The van der Waals surface area contributed by atoms with E-state index >= 15 is 0 Å². The molecule has 0 rings (SSSR count). The van der Waals surface area contributed by atoms with Crippen LogP contribution in [-0.4, -0.2) is 17.3 Å². The molecule has 0 radical (unpaired) electrons. The molecule has 0 spiro atoms. The van der Waals surface area contributed by atoms with Gasteiger partial charge in [0.1, 0.15) is 0 Å². The SMILES string of the molecule is O=[P](O)(O)[Mo](=[O])(=[O])([OH])[OH]. The van der Waals surface area contributed by atoms with E-state index in [1.54, 1.807) is 0 Å². The Hall–Kier alpha value is 0.358. The molecule has 9 heavy (non-hydrogen) atoms. The zero-order valence-electron chi connectivity index (χ0n) is 3.87. The predicted molar refractivity (Wildman–Crippen MR) is 17.9 cm³/mol. The Balaban J connectivity index is 5.36. The molecule has 0 aliphatic carbocycles. The van der Waals surface area contributed by atoms with E-state index in [-0.39, 0.29) is 0 Å². The van der Waals surface area contributed by atoms with Crippen LogP contribution < -0.4 is 0 Å². The second-order valence-corrected chi connectivity index (χ2v) is 13.2. The van der Waals surface area contributed by atoms with E-state index < -0.39 is 20.7 Å². The topological polar surface area (TPSA) is 132 Å². The van der Waals surface area contributed by atoms with Crippen LogP contribution in [0.5, 0.6) is 0 Å². The molecule has 0 saturated heterocycles. The molecule has 0 saturated carbocycles. The second-order valence-electron chi connectivity index (χ2n) is 1.25. The summed E-state index contributed by atoms with van der Waals surface area (Å²) in [5, 5.41) is 0. The summed E-state index contributed by atoms with van der Waals surface area (Å²) < 4.78 is 44.4. The van der Waals surface area contributed by atoms with Crippen molar-refractivity contribution in [2.24, 2.45) is 0 Å². The number of hydrogen-bond acceptors (Lipinski definition) is 3. The molecule has 0 aromatic rings. The first-order valence-corrected chi connectivity index (χ1v) is 9.12. The molecule has 0 aliphatic rings. The molecule has 4 N–H and O–H groups in total. The zero-order chi connectivity index (χ0) is 7.95. The predicted octanol–water partition coefficient (Wildman–Crippen LogP) is -1.73. The van der Waals surface area contributed by atoms with E-state index in [4.69, 9.17) is 17.3 Å². The van der Waals surface area contributed by atoms with Crippen LogP contribution in [0.2, 0.25) is 0 Å². The standard InChI is InChI=1S/Mo.HO3P.2H2O.2O/c;1-4(2)3;;;;/h;(H-,1,2,3);2*1H2;;/q+1;;;;;/p-1. The van der Waals surface area contributed by atoms with Crippen LogP contribution in [0.3, 0.4) is 0 Å². The quantitative estimate of drug-likeness (QED) is 0.318. The van der Waals surface area contributed by atoms with Gasteiger partial charge >= 0.3 is 49.3 Å². The molecule has 9 heteroatoms. The van der Waals surface area contributed by atoms with Crippen molar-refractivity contribution < 1.29 is 43.7 Å². The summed E-state index contributed by atoms with van der Waals surface area (Å²) in [4.78, 5) is 15.4. The van der Waals surface area contributed by atoms with Crippen molar-refractivity contribution in [3.05, 3.63) is 0 Å². The third kappa shape index (κ3) is 2.21. The van der Waals surface area contributed by atoms with Gasteiger partial charge in [-0.15, -0.1) is 0 Å². The molecule has 0 aromatic heterocycles. The van der Waals surface area contributed by atoms with Crippen molar-refractivity contribution >= 4 is 5.69 Å². The molecule has 0 heterocycles. The van der Waals surface area contributed by atoms with E-state index in [1.807, 2.05) is 0 Å². The first-order chi connectivity index (χ1) is 3.51. The Bertz CT molecular complexity index is 260. The van der Waals surface area contributed by atoms with Crippen LogP contribution in [0.15, 0.2) is 0 Å². The van der Waals surface area contributed by atoms with Crippen LogP contribution in [0.4, 0.5) is 0 Å². The first-order valence-electron chi connectivity index (χ1n) is 1.46. The van der Waals surface area contributed by atoms with Crippen molar-refractivity contribution in [1.29, 1.82) is 0 Å². The molecule has 7 nitrogen and oxygen atoms in total. The molecule has 0 atom stereocenters. The Kier molecular flexibility index (Phi) is 1.76. The average molecular weight is 243 g/mol. The summed E-state index contributed by atoms with van der Waals surface area (Å²) in [6.45, 7) is 0. The maximum absolute atomic E-state index is 9.69. The van der Waals surface area contributed by atoms with Gasteiger partial charge in [0.05, 0.1) is 0 Å². The van der Waals surface area contributed by atoms with Gasteiger partial charge in [0, 0.05) is 0 Å². The van der Waals surface area contributed by atoms with Gasteiger partial charge in [-0.3, -0.25) is 0 Å². The Morgan fingerprint density at radius 1 is 1.11 bits per heavy atom. The molecular weight excluding hydrogens is 239 g/mol.